The maximum absolute atomic E-state index is 12.1. The van der Waals surface area contributed by atoms with Crippen LogP contribution in [0.3, 0.4) is 0 Å². The molecule has 6 heteroatoms. The van der Waals surface area contributed by atoms with Crippen LogP contribution in [-0.4, -0.2) is 25.2 Å². The van der Waals surface area contributed by atoms with Crippen LogP contribution in [0, 0.1) is 11.3 Å². The van der Waals surface area contributed by atoms with Gasteiger partial charge in [0.25, 0.3) is 0 Å². The number of rotatable bonds is 7. The number of hydrogen-bond acceptors (Lipinski definition) is 6. The van der Waals surface area contributed by atoms with Crippen LogP contribution in [0.2, 0.25) is 0 Å². The van der Waals surface area contributed by atoms with Gasteiger partial charge in [-0.25, -0.2) is 9.59 Å². The van der Waals surface area contributed by atoms with E-state index in [1.807, 2.05) is 6.07 Å². The number of carbonyl (C=O) groups excluding carboxylic acids is 2. The van der Waals surface area contributed by atoms with Gasteiger partial charge in [-0.3, -0.25) is 0 Å². The average Bonchev–Trinajstić information content (AvgIpc) is 2.66. The number of carbonyl (C=O) groups is 2. The molecule has 0 unspecified atom stereocenters. The van der Waals surface area contributed by atoms with Crippen molar-refractivity contribution in [2.24, 2.45) is 0 Å². The second kappa shape index (κ2) is 8.89. The maximum atomic E-state index is 12.1. The van der Waals surface area contributed by atoms with E-state index in [1.165, 1.54) is 0 Å². The van der Waals surface area contributed by atoms with Gasteiger partial charge in [-0.1, -0.05) is 6.58 Å². The lowest BCUT2D eigenvalue weighted by Crippen LogP contribution is -2.11. The summed E-state index contributed by atoms with van der Waals surface area (Å²) in [4.78, 5) is 22.9. The fourth-order valence-corrected chi connectivity index (χ4v) is 1.81. The second-order valence-electron chi connectivity index (χ2n) is 4.77. The SMILES string of the molecule is C=CC(=O)OCCOc1ccc(C(=O)Oc2ccc(C#N)cc2)cc1. The summed E-state index contributed by atoms with van der Waals surface area (Å²) >= 11 is 0. The predicted molar refractivity (Wildman–Crippen MR) is 89.2 cm³/mol. The van der Waals surface area contributed by atoms with Crippen LogP contribution < -0.4 is 9.47 Å². The number of benzene rings is 2. The standard InChI is InChI=1S/C19H15NO5/c1-2-18(21)24-12-11-23-16-9-5-15(6-10-16)19(22)25-17-7-3-14(13-20)4-8-17/h2-10H,1,11-12H2. The summed E-state index contributed by atoms with van der Waals surface area (Å²) in [6.07, 6.45) is 1.08. The molecular weight excluding hydrogens is 322 g/mol. The van der Waals surface area contributed by atoms with E-state index in [9.17, 15) is 9.59 Å². The molecule has 0 aliphatic rings. The molecule has 0 heterocycles. The molecule has 0 aromatic heterocycles. The molecule has 2 aromatic rings. The van der Waals surface area contributed by atoms with Crippen molar-refractivity contribution < 1.29 is 23.8 Å². The van der Waals surface area contributed by atoms with Crippen LogP contribution in [0.5, 0.6) is 11.5 Å². The lowest BCUT2D eigenvalue weighted by Gasteiger charge is -2.08. The highest BCUT2D eigenvalue weighted by Gasteiger charge is 2.09. The normalized spacial score (nSPS) is 9.56. The molecule has 0 N–H and O–H groups in total. The van der Waals surface area contributed by atoms with Gasteiger partial charge in [-0.05, 0) is 48.5 Å². The quantitative estimate of drug-likeness (QED) is 0.334. The van der Waals surface area contributed by atoms with Crippen LogP contribution in [0.4, 0.5) is 0 Å². The van der Waals surface area contributed by atoms with E-state index in [1.54, 1.807) is 48.5 Å². The predicted octanol–water partition coefficient (Wildman–Crippen LogP) is 2.89. The van der Waals surface area contributed by atoms with E-state index in [2.05, 4.69) is 6.58 Å². The van der Waals surface area contributed by atoms with E-state index in [4.69, 9.17) is 19.5 Å². The average molecular weight is 337 g/mol. The minimum absolute atomic E-state index is 0.105. The zero-order chi connectivity index (χ0) is 18.1. The molecule has 2 rings (SSSR count). The van der Waals surface area contributed by atoms with E-state index >= 15 is 0 Å². The molecule has 0 saturated heterocycles. The summed E-state index contributed by atoms with van der Waals surface area (Å²) in [5.41, 5.74) is 0.842. The van der Waals surface area contributed by atoms with Crippen LogP contribution in [-0.2, 0) is 9.53 Å². The molecular formula is C19H15NO5. The molecule has 0 spiro atoms. The third kappa shape index (κ3) is 5.52. The molecule has 0 saturated carbocycles. The first-order chi connectivity index (χ1) is 12.1. The van der Waals surface area contributed by atoms with Crippen molar-refractivity contribution in [2.45, 2.75) is 0 Å². The number of nitriles is 1. The first kappa shape index (κ1) is 17.8. The Morgan fingerprint density at radius 2 is 1.64 bits per heavy atom. The molecule has 0 atom stereocenters. The van der Waals surface area contributed by atoms with E-state index < -0.39 is 11.9 Å². The summed E-state index contributed by atoms with van der Waals surface area (Å²) in [5.74, 6) is -0.140. The zero-order valence-corrected chi connectivity index (χ0v) is 13.3. The van der Waals surface area contributed by atoms with Crippen molar-refractivity contribution in [3.63, 3.8) is 0 Å². The fourth-order valence-electron chi connectivity index (χ4n) is 1.81. The van der Waals surface area contributed by atoms with Gasteiger partial charge in [0.1, 0.15) is 24.7 Å². The highest BCUT2D eigenvalue weighted by Crippen LogP contribution is 2.16. The molecule has 0 fully saturated rings. The van der Waals surface area contributed by atoms with Crippen molar-refractivity contribution >= 4 is 11.9 Å². The highest BCUT2D eigenvalue weighted by atomic mass is 16.6. The van der Waals surface area contributed by atoms with E-state index in [-0.39, 0.29) is 13.2 Å². The van der Waals surface area contributed by atoms with Gasteiger partial charge in [0.2, 0.25) is 0 Å². The van der Waals surface area contributed by atoms with Gasteiger partial charge in [0.05, 0.1) is 17.2 Å². The fraction of sp³-hybridized carbons (Fsp3) is 0.105. The summed E-state index contributed by atoms with van der Waals surface area (Å²) in [6, 6.07) is 14.6. The molecule has 0 amide bonds. The van der Waals surface area contributed by atoms with Crippen molar-refractivity contribution in [3.8, 4) is 17.6 Å². The molecule has 0 aliphatic heterocycles. The van der Waals surface area contributed by atoms with Crippen LogP contribution in [0.15, 0.2) is 61.2 Å². The monoisotopic (exact) mass is 337 g/mol. The summed E-state index contributed by atoms with van der Waals surface area (Å²) in [7, 11) is 0. The number of esters is 2. The topological polar surface area (TPSA) is 85.6 Å². The highest BCUT2D eigenvalue weighted by molar-refractivity contribution is 5.91. The van der Waals surface area contributed by atoms with Crippen LogP contribution in [0.25, 0.3) is 0 Å². The van der Waals surface area contributed by atoms with Gasteiger partial charge < -0.3 is 14.2 Å². The smallest absolute Gasteiger partial charge is 0.343 e. The third-order valence-corrected chi connectivity index (χ3v) is 3.05. The Balaban J connectivity index is 1.85. The summed E-state index contributed by atoms with van der Waals surface area (Å²) in [5, 5.41) is 8.73. The number of hydrogen-bond donors (Lipinski definition) is 0. The van der Waals surface area contributed by atoms with Gasteiger partial charge in [0.15, 0.2) is 0 Å². The first-order valence-electron chi connectivity index (χ1n) is 7.37. The Hall–Kier alpha value is -3.59. The minimum atomic E-state index is -0.517. The molecule has 0 aliphatic carbocycles. The summed E-state index contributed by atoms with van der Waals surface area (Å²) < 4.78 is 15.4. The van der Waals surface area contributed by atoms with Gasteiger partial charge >= 0.3 is 11.9 Å². The zero-order valence-electron chi connectivity index (χ0n) is 13.3. The van der Waals surface area contributed by atoms with Crippen LogP contribution >= 0.6 is 0 Å². The second-order valence-corrected chi connectivity index (χ2v) is 4.77. The van der Waals surface area contributed by atoms with Crippen LogP contribution in [0.1, 0.15) is 15.9 Å². The van der Waals surface area contributed by atoms with Gasteiger partial charge in [0, 0.05) is 6.08 Å². The van der Waals surface area contributed by atoms with E-state index in [0.29, 0.717) is 22.6 Å². The molecule has 6 nitrogen and oxygen atoms in total. The van der Waals surface area contributed by atoms with Gasteiger partial charge in [-0.2, -0.15) is 5.26 Å². The lowest BCUT2D eigenvalue weighted by atomic mass is 10.2. The first-order valence-corrected chi connectivity index (χ1v) is 7.37. The Bertz CT molecular complexity index is 788. The molecule has 126 valence electrons. The molecule has 0 bridgehead atoms. The van der Waals surface area contributed by atoms with Gasteiger partial charge in [-0.15, -0.1) is 0 Å². The molecule has 25 heavy (non-hydrogen) atoms. The summed E-state index contributed by atoms with van der Waals surface area (Å²) in [6.45, 7) is 3.58. The Kier molecular flexibility index (Phi) is 6.32. The number of ether oxygens (including phenoxy) is 3. The van der Waals surface area contributed by atoms with Crippen molar-refractivity contribution in [3.05, 3.63) is 72.3 Å². The Morgan fingerprint density at radius 1 is 1.00 bits per heavy atom. The maximum Gasteiger partial charge on any atom is 0.343 e. The van der Waals surface area contributed by atoms with E-state index in [0.717, 1.165) is 6.08 Å². The Morgan fingerprint density at radius 3 is 2.24 bits per heavy atom. The Labute approximate surface area is 144 Å². The third-order valence-electron chi connectivity index (χ3n) is 3.05. The number of nitrogens with zero attached hydrogens (tertiary/aromatic N) is 1. The lowest BCUT2D eigenvalue weighted by molar-refractivity contribution is -0.138. The molecule has 0 radical (unpaired) electrons. The van der Waals surface area contributed by atoms with Crippen molar-refractivity contribution in [1.82, 2.24) is 0 Å². The van der Waals surface area contributed by atoms with Crippen molar-refractivity contribution in [1.29, 1.82) is 5.26 Å². The largest absolute Gasteiger partial charge is 0.490 e. The minimum Gasteiger partial charge on any atom is -0.490 e. The van der Waals surface area contributed by atoms with Crippen molar-refractivity contribution in [2.75, 3.05) is 13.2 Å². The molecule has 2 aromatic carbocycles.